The smallest absolute Gasteiger partial charge is 0.299 e. The number of rotatable bonds is 5. The van der Waals surface area contributed by atoms with Crippen LogP contribution in [0, 0.1) is 5.92 Å². The predicted molar refractivity (Wildman–Crippen MR) is 113 cm³/mol. The number of halogens is 3. The summed E-state index contributed by atoms with van der Waals surface area (Å²) in [5, 5.41) is 0. The maximum absolute atomic E-state index is 13.0. The van der Waals surface area contributed by atoms with Gasteiger partial charge in [0.15, 0.2) is 0 Å². The summed E-state index contributed by atoms with van der Waals surface area (Å²) in [6, 6.07) is 18.0. The van der Waals surface area contributed by atoms with Gasteiger partial charge in [-0.15, -0.1) is 0 Å². The summed E-state index contributed by atoms with van der Waals surface area (Å²) in [6.07, 6.45) is 2.55. The van der Waals surface area contributed by atoms with E-state index in [1.807, 2.05) is 18.3 Å². The number of aromatic nitrogens is 1. The number of hydrogen-bond donors (Lipinski definition) is 0. The third-order valence-electron chi connectivity index (χ3n) is 5.80. The van der Waals surface area contributed by atoms with Crippen molar-refractivity contribution in [3.8, 4) is 11.1 Å². The van der Waals surface area contributed by atoms with Crippen molar-refractivity contribution in [3.05, 3.63) is 89.7 Å². The van der Waals surface area contributed by atoms with E-state index >= 15 is 0 Å². The number of hydrogen-bond acceptors (Lipinski definition) is 2. The maximum Gasteiger partial charge on any atom is 0.416 e. The first-order valence-corrected chi connectivity index (χ1v) is 10.4. The molecule has 4 rings (SSSR count). The molecule has 2 nitrogen and oxygen atoms in total. The lowest BCUT2D eigenvalue weighted by Gasteiger charge is -2.32. The van der Waals surface area contributed by atoms with Crippen molar-refractivity contribution in [1.29, 1.82) is 0 Å². The molecule has 1 aromatic heterocycles. The minimum absolute atomic E-state index is 0.542. The van der Waals surface area contributed by atoms with E-state index in [-0.39, 0.29) is 0 Å². The second-order valence-corrected chi connectivity index (χ2v) is 8.07. The van der Waals surface area contributed by atoms with E-state index in [1.165, 1.54) is 17.7 Å². The monoisotopic (exact) mass is 410 g/mol. The zero-order chi connectivity index (χ0) is 21.0. The highest BCUT2D eigenvalue weighted by Crippen LogP contribution is 2.32. The summed E-state index contributed by atoms with van der Waals surface area (Å²) in [7, 11) is 0. The Hall–Kier alpha value is -2.66. The Morgan fingerprint density at radius 2 is 1.60 bits per heavy atom. The first kappa shape index (κ1) is 20.6. The van der Waals surface area contributed by atoms with Crippen LogP contribution in [0.2, 0.25) is 0 Å². The van der Waals surface area contributed by atoms with Gasteiger partial charge in [-0.3, -0.25) is 9.88 Å². The molecule has 30 heavy (non-hydrogen) atoms. The van der Waals surface area contributed by atoms with Crippen LogP contribution in [0.1, 0.15) is 29.5 Å². The molecule has 2 aromatic carbocycles. The third-order valence-corrected chi connectivity index (χ3v) is 5.80. The fraction of sp³-hybridized carbons (Fsp3) is 0.320. The van der Waals surface area contributed by atoms with E-state index in [2.05, 4.69) is 34.1 Å². The molecular weight excluding hydrogens is 385 g/mol. The lowest BCUT2D eigenvalue weighted by atomic mass is 9.90. The van der Waals surface area contributed by atoms with Crippen molar-refractivity contribution in [3.63, 3.8) is 0 Å². The zero-order valence-electron chi connectivity index (χ0n) is 16.8. The highest BCUT2D eigenvalue weighted by atomic mass is 19.4. The van der Waals surface area contributed by atoms with Crippen LogP contribution >= 0.6 is 0 Å². The Balaban J connectivity index is 1.37. The molecule has 0 bridgehead atoms. The van der Waals surface area contributed by atoms with E-state index in [0.29, 0.717) is 11.5 Å². The van der Waals surface area contributed by atoms with Gasteiger partial charge in [-0.05, 0) is 73.2 Å². The normalized spacial score (nSPS) is 16.0. The van der Waals surface area contributed by atoms with Crippen molar-refractivity contribution in [2.45, 2.75) is 32.0 Å². The summed E-state index contributed by atoms with van der Waals surface area (Å²) in [4.78, 5) is 6.69. The number of nitrogens with zero attached hydrogens (tertiary/aromatic N) is 2. The van der Waals surface area contributed by atoms with Gasteiger partial charge >= 0.3 is 6.18 Å². The molecule has 0 radical (unpaired) electrons. The molecule has 1 aliphatic rings. The van der Waals surface area contributed by atoms with Crippen LogP contribution in [-0.2, 0) is 19.1 Å². The fourth-order valence-corrected chi connectivity index (χ4v) is 4.16. The fourth-order valence-electron chi connectivity index (χ4n) is 4.16. The van der Waals surface area contributed by atoms with E-state index in [0.717, 1.165) is 56.1 Å². The van der Waals surface area contributed by atoms with Gasteiger partial charge in [-0.1, -0.05) is 42.5 Å². The minimum atomic E-state index is -4.34. The van der Waals surface area contributed by atoms with Crippen LogP contribution < -0.4 is 0 Å². The van der Waals surface area contributed by atoms with Crippen molar-refractivity contribution in [2.75, 3.05) is 13.1 Å². The summed E-state index contributed by atoms with van der Waals surface area (Å²) in [6.45, 7) is 2.84. The van der Waals surface area contributed by atoms with Gasteiger partial charge in [0.2, 0.25) is 0 Å². The van der Waals surface area contributed by atoms with E-state index in [4.69, 9.17) is 0 Å². The molecule has 0 N–H and O–H groups in total. The Bertz CT molecular complexity index is 961. The summed E-state index contributed by atoms with van der Waals surface area (Å²) in [5.74, 6) is 0.707. The van der Waals surface area contributed by atoms with Gasteiger partial charge < -0.3 is 0 Å². The number of benzene rings is 2. The molecule has 0 aliphatic carbocycles. The largest absolute Gasteiger partial charge is 0.416 e. The minimum Gasteiger partial charge on any atom is -0.299 e. The van der Waals surface area contributed by atoms with Gasteiger partial charge in [0, 0.05) is 24.5 Å². The lowest BCUT2D eigenvalue weighted by Crippen LogP contribution is -2.33. The third kappa shape index (κ3) is 5.28. The Morgan fingerprint density at radius 1 is 0.833 bits per heavy atom. The van der Waals surface area contributed by atoms with E-state index in [9.17, 15) is 13.2 Å². The summed E-state index contributed by atoms with van der Waals surface area (Å²) >= 11 is 0. The molecule has 2 heterocycles. The van der Waals surface area contributed by atoms with Crippen LogP contribution in [0.15, 0.2) is 73.1 Å². The number of likely N-dealkylation sites (tertiary alicyclic amines) is 1. The van der Waals surface area contributed by atoms with Gasteiger partial charge in [0.1, 0.15) is 0 Å². The quantitative estimate of drug-likeness (QED) is 0.496. The Morgan fingerprint density at radius 3 is 2.33 bits per heavy atom. The maximum atomic E-state index is 13.0. The highest BCUT2D eigenvalue weighted by Gasteiger charge is 2.30. The number of pyridine rings is 1. The van der Waals surface area contributed by atoms with Crippen LogP contribution in [0.5, 0.6) is 0 Å². The topological polar surface area (TPSA) is 16.1 Å². The summed E-state index contributed by atoms with van der Waals surface area (Å²) in [5.41, 5.74) is 3.06. The van der Waals surface area contributed by atoms with E-state index < -0.39 is 11.7 Å². The lowest BCUT2D eigenvalue weighted by molar-refractivity contribution is -0.137. The predicted octanol–water partition coefficient (Wildman–Crippen LogP) is 6.22. The zero-order valence-corrected chi connectivity index (χ0v) is 16.8. The molecule has 5 heteroatoms. The molecule has 3 aromatic rings. The van der Waals surface area contributed by atoms with E-state index in [1.54, 1.807) is 12.3 Å². The van der Waals surface area contributed by atoms with Crippen molar-refractivity contribution in [2.24, 2.45) is 5.92 Å². The van der Waals surface area contributed by atoms with Gasteiger partial charge in [-0.2, -0.15) is 13.2 Å². The van der Waals surface area contributed by atoms with Gasteiger partial charge in [-0.25, -0.2) is 0 Å². The highest BCUT2D eigenvalue weighted by molar-refractivity contribution is 5.64. The molecule has 0 amide bonds. The SMILES string of the molecule is FC(F)(F)c1cccc(-c2cncc(CN3CCC(Cc4ccccc4)CC3)c2)c1. The van der Waals surface area contributed by atoms with Crippen molar-refractivity contribution >= 4 is 0 Å². The second kappa shape index (κ2) is 9.00. The molecule has 0 atom stereocenters. The molecule has 0 spiro atoms. The molecule has 1 saturated heterocycles. The second-order valence-electron chi connectivity index (χ2n) is 8.07. The summed E-state index contributed by atoms with van der Waals surface area (Å²) < 4.78 is 39.1. The molecular formula is C25H25F3N2. The standard InChI is InChI=1S/C25H25F3N2/c26-25(27,28)24-8-4-7-22(15-24)23-14-21(16-29-17-23)18-30-11-9-20(10-12-30)13-19-5-2-1-3-6-19/h1-8,14-17,20H,9-13,18H2. The molecule has 156 valence electrons. The molecule has 0 unspecified atom stereocenters. The first-order valence-electron chi connectivity index (χ1n) is 10.4. The van der Waals surface area contributed by atoms with Crippen molar-refractivity contribution < 1.29 is 13.2 Å². The van der Waals surface area contributed by atoms with Crippen LogP contribution in [-0.4, -0.2) is 23.0 Å². The average Bonchev–Trinajstić information content (AvgIpc) is 2.76. The van der Waals surface area contributed by atoms with Gasteiger partial charge in [0.05, 0.1) is 5.56 Å². The van der Waals surface area contributed by atoms with Gasteiger partial charge in [0.25, 0.3) is 0 Å². The number of alkyl halides is 3. The van der Waals surface area contributed by atoms with Crippen molar-refractivity contribution in [1.82, 2.24) is 9.88 Å². The first-order chi connectivity index (χ1) is 14.5. The Labute approximate surface area is 175 Å². The molecule has 0 saturated carbocycles. The number of piperidine rings is 1. The van der Waals surface area contributed by atoms with Crippen LogP contribution in [0.25, 0.3) is 11.1 Å². The van der Waals surface area contributed by atoms with Crippen LogP contribution in [0.4, 0.5) is 13.2 Å². The molecule has 1 fully saturated rings. The molecule has 1 aliphatic heterocycles. The van der Waals surface area contributed by atoms with Crippen LogP contribution in [0.3, 0.4) is 0 Å². The average molecular weight is 410 g/mol. The Kier molecular flexibility index (Phi) is 6.18.